The first-order valence-corrected chi connectivity index (χ1v) is 9.76. The maximum Gasteiger partial charge on any atom is 0.417 e. The lowest BCUT2D eigenvalue weighted by atomic mass is 9.94. The summed E-state index contributed by atoms with van der Waals surface area (Å²) in [5, 5.41) is 27.9. The van der Waals surface area contributed by atoms with Crippen molar-refractivity contribution >= 4 is 11.4 Å². The molecule has 2 heterocycles. The van der Waals surface area contributed by atoms with Crippen molar-refractivity contribution in [3.8, 4) is 29.0 Å². The highest BCUT2D eigenvalue weighted by atomic mass is 19.4. The van der Waals surface area contributed by atoms with Crippen LogP contribution in [0.5, 0.6) is 5.75 Å². The fraction of sp³-hybridized carbons (Fsp3) is 0.174. The van der Waals surface area contributed by atoms with Gasteiger partial charge in [0.05, 0.1) is 36.2 Å². The van der Waals surface area contributed by atoms with Crippen LogP contribution in [0.25, 0.3) is 11.1 Å². The molecule has 2 atom stereocenters. The van der Waals surface area contributed by atoms with Gasteiger partial charge in [0.25, 0.3) is 0 Å². The van der Waals surface area contributed by atoms with Crippen LogP contribution in [0.4, 0.5) is 24.5 Å². The first-order chi connectivity index (χ1) is 15.8. The van der Waals surface area contributed by atoms with Crippen molar-refractivity contribution in [3.63, 3.8) is 0 Å². The molecule has 1 aliphatic heterocycles. The topological polar surface area (TPSA) is 106 Å². The fourth-order valence-electron chi connectivity index (χ4n) is 3.65. The van der Waals surface area contributed by atoms with E-state index in [1.165, 1.54) is 18.5 Å². The van der Waals surface area contributed by atoms with E-state index in [4.69, 9.17) is 10.00 Å². The van der Waals surface area contributed by atoms with Gasteiger partial charge in [-0.25, -0.2) is 0 Å². The number of nitrogens with zero attached hydrogens (tertiary/aromatic N) is 3. The van der Waals surface area contributed by atoms with Crippen LogP contribution >= 0.6 is 0 Å². The molecular formula is C23H17F3N6O. The second kappa shape index (κ2) is 8.69. The third-order valence-corrected chi connectivity index (χ3v) is 5.20. The van der Waals surface area contributed by atoms with E-state index in [1.807, 2.05) is 0 Å². The van der Waals surface area contributed by atoms with E-state index in [2.05, 4.69) is 27.0 Å². The molecule has 2 aromatic carbocycles. The van der Waals surface area contributed by atoms with Gasteiger partial charge in [0.1, 0.15) is 18.0 Å². The van der Waals surface area contributed by atoms with Crippen LogP contribution < -0.4 is 20.7 Å². The van der Waals surface area contributed by atoms with E-state index in [0.717, 1.165) is 12.1 Å². The standard InChI is InChI=1S/C23H17F3N6O/c1-33-16-6-4-15(5-7-16)30-22-21-17(11-29-12-19(21)31-20(10-28)32-22)13-2-3-14(9-27)18(8-13)23(24,25)26/h2-8,11-12,20,22,30-32H,1H3. The summed E-state index contributed by atoms with van der Waals surface area (Å²) >= 11 is 0. The molecule has 10 heteroatoms. The van der Waals surface area contributed by atoms with Gasteiger partial charge in [-0.15, -0.1) is 0 Å². The Hall–Kier alpha value is -4.28. The summed E-state index contributed by atoms with van der Waals surface area (Å²) in [7, 11) is 1.55. The summed E-state index contributed by atoms with van der Waals surface area (Å²) in [5.74, 6) is 0.663. The van der Waals surface area contributed by atoms with E-state index in [1.54, 1.807) is 37.4 Å². The van der Waals surface area contributed by atoms with E-state index in [0.29, 0.717) is 28.3 Å². The Morgan fingerprint density at radius 3 is 2.48 bits per heavy atom. The van der Waals surface area contributed by atoms with Gasteiger partial charge in [-0.2, -0.15) is 23.7 Å². The molecule has 3 N–H and O–H groups in total. The minimum atomic E-state index is -4.69. The number of aromatic nitrogens is 1. The Bertz CT molecular complexity index is 1260. The van der Waals surface area contributed by atoms with E-state index < -0.39 is 29.6 Å². The van der Waals surface area contributed by atoms with E-state index in [9.17, 15) is 18.4 Å². The molecule has 166 valence electrons. The highest BCUT2D eigenvalue weighted by Crippen LogP contribution is 2.40. The molecule has 3 aromatic rings. The number of nitriles is 2. The number of rotatable bonds is 4. The quantitative estimate of drug-likeness (QED) is 0.532. The number of hydrogen-bond acceptors (Lipinski definition) is 7. The molecule has 1 aromatic heterocycles. The van der Waals surface area contributed by atoms with Crippen LogP contribution in [0.3, 0.4) is 0 Å². The predicted octanol–water partition coefficient (Wildman–Crippen LogP) is 4.62. The first kappa shape index (κ1) is 21.9. The zero-order valence-corrected chi connectivity index (χ0v) is 17.2. The number of pyridine rings is 1. The summed E-state index contributed by atoms with van der Waals surface area (Å²) in [6.45, 7) is 0. The third kappa shape index (κ3) is 4.38. The minimum Gasteiger partial charge on any atom is -0.497 e. The Morgan fingerprint density at radius 1 is 1.09 bits per heavy atom. The van der Waals surface area contributed by atoms with Crippen LogP contribution in [0.2, 0.25) is 0 Å². The fourth-order valence-corrected chi connectivity index (χ4v) is 3.65. The van der Waals surface area contributed by atoms with Crippen molar-refractivity contribution in [2.24, 2.45) is 0 Å². The average Bonchev–Trinajstić information content (AvgIpc) is 2.83. The van der Waals surface area contributed by atoms with Crippen LogP contribution in [-0.4, -0.2) is 18.3 Å². The van der Waals surface area contributed by atoms with Gasteiger partial charge in [0.15, 0.2) is 6.17 Å². The largest absolute Gasteiger partial charge is 0.497 e. The highest BCUT2D eigenvalue weighted by molar-refractivity contribution is 5.76. The molecule has 1 aliphatic rings. The number of anilines is 2. The molecular weight excluding hydrogens is 433 g/mol. The lowest BCUT2D eigenvalue weighted by Crippen LogP contribution is -2.45. The molecule has 33 heavy (non-hydrogen) atoms. The van der Waals surface area contributed by atoms with Crippen molar-refractivity contribution in [2.45, 2.75) is 18.5 Å². The Kier molecular flexibility index (Phi) is 5.78. The number of hydrogen-bond donors (Lipinski definition) is 3. The Morgan fingerprint density at radius 2 is 1.85 bits per heavy atom. The Labute approximate surface area is 187 Å². The van der Waals surface area contributed by atoms with Gasteiger partial charge in [-0.3, -0.25) is 10.3 Å². The maximum absolute atomic E-state index is 13.5. The van der Waals surface area contributed by atoms with Gasteiger partial charge < -0.3 is 15.4 Å². The van der Waals surface area contributed by atoms with Gasteiger partial charge in [-0.1, -0.05) is 6.07 Å². The maximum atomic E-state index is 13.5. The number of ether oxygens (including phenoxy) is 1. The summed E-state index contributed by atoms with van der Waals surface area (Å²) in [6, 6.07) is 14.3. The molecule has 0 amide bonds. The third-order valence-electron chi connectivity index (χ3n) is 5.20. The molecule has 2 unspecified atom stereocenters. The number of fused-ring (bicyclic) bond motifs is 1. The molecule has 0 spiro atoms. The number of methoxy groups -OCH3 is 1. The van der Waals surface area contributed by atoms with Gasteiger partial charge >= 0.3 is 6.18 Å². The van der Waals surface area contributed by atoms with Gasteiger partial charge in [0.2, 0.25) is 0 Å². The molecule has 7 nitrogen and oxygen atoms in total. The first-order valence-electron chi connectivity index (χ1n) is 9.76. The van der Waals surface area contributed by atoms with Crippen molar-refractivity contribution in [1.82, 2.24) is 10.3 Å². The molecule has 0 fully saturated rings. The monoisotopic (exact) mass is 450 g/mol. The van der Waals surface area contributed by atoms with Crippen LogP contribution in [0, 0.1) is 22.7 Å². The van der Waals surface area contributed by atoms with E-state index in [-0.39, 0.29) is 5.56 Å². The second-order valence-corrected chi connectivity index (χ2v) is 7.20. The summed E-state index contributed by atoms with van der Waals surface area (Å²) in [4.78, 5) is 4.15. The van der Waals surface area contributed by atoms with Gasteiger partial charge in [-0.05, 0) is 42.0 Å². The lowest BCUT2D eigenvalue weighted by molar-refractivity contribution is -0.137. The zero-order chi connectivity index (χ0) is 23.6. The molecule has 4 rings (SSSR count). The number of alkyl halides is 3. The molecule has 0 radical (unpaired) electrons. The highest BCUT2D eigenvalue weighted by Gasteiger charge is 2.35. The van der Waals surface area contributed by atoms with Crippen molar-refractivity contribution < 1.29 is 17.9 Å². The minimum absolute atomic E-state index is 0.242. The predicted molar refractivity (Wildman–Crippen MR) is 115 cm³/mol. The van der Waals surface area contributed by atoms with Gasteiger partial charge in [0, 0.05) is 23.0 Å². The van der Waals surface area contributed by atoms with Crippen molar-refractivity contribution in [3.05, 3.63) is 71.5 Å². The zero-order valence-electron chi connectivity index (χ0n) is 17.2. The van der Waals surface area contributed by atoms with Crippen LogP contribution in [0.1, 0.15) is 22.9 Å². The normalized spacial score (nSPS) is 17.2. The van der Waals surface area contributed by atoms with Crippen LogP contribution in [-0.2, 0) is 6.18 Å². The van der Waals surface area contributed by atoms with Crippen molar-refractivity contribution in [1.29, 1.82) is 10.5 Å². The molecule has 0 saturated carbocycles. The lowest BCUT2D eigenvalue weighted by Gasteiger charge is -2.34. The van der Waals surface area contributed by atoms with E-state index >= 15 is 0 Å². The smallest absolute Gasteiger partial charge is 0.417 e. The molecule has 0 saturated heterocycles. The summed E-state index contributed by atoms with van der Waals surface area (Å²) in [6.07, 6.45) is -3.09. The van der Waals surface area contributed by atoms with Crippen LogP contribution in [0.15, 0.2) is 54.9 Å². The number of halogens is 3. The SMILES string of the molecule is COc1ccc(NC2NC(C#N)Nc3cncc(-c4ccc(C#N)c(C(F)(F)F)c4)c32)cc1. The molecule has 0 aliphatic carbocycles. The number of nitrogens with one attached hydrogen (secondary N) is 3. The summed E-state index contributed by atoms with van der Waals surface area (Å²) < 4.78 is 45.8. The summed E-state index contributed by atoms with van der Waals surface area (Å²) in [5.41, 5.74) is 0.975. The number of benzene rings is 2. The Balaban J connectivity index is 1.82. The second-order valence-electron chi connectivity index (χ2n) is 7.20. The average molecular weight is 450 g/mol. The molecule has 0 bridgehead atoms. The van der Waals surface area contributed by atoms with Crippen molar-refractivity contribution in [2.75, 3.05) is 17.7 Å².